The van der Waals surface area contributed by atoms with E-state index in [1.54, 1.807) is 12.1 Å². The summed E-state index contributed by atoms with van der Waals surface area (Å²) in [5, 5.41) is 12.0. The average Bonchev–Trinajstić information content (AvgIpc) is 2.77. The number of carboxylic acid groups (broad SMARTS) is 1. The number of carbonyl (C=O) groups is 2. The molecular weight excluding hydrogens is 496 g/mol. The van der Waals surface area contributed by atoms with Crippen molar-refractivity contribution in [1.29, 1.82) is 0 Å². The second-order valence-electron chi connectivity index (χ2n) is 7.31. The first-order valence-electron chi connectivity index (χ1n) is 9.77. The SMILES string of the molecule is O=C(O)c1cc(Br)ccc1NC(=O)c1cccc2c1CCN(Cc1ccccc1)S2(=O)=O. The summed E-state index contributed by atoms with van der Waals surface area (Å²) in [5.41, 5.74) is 1.59. The van der Waals surface area contributed by atoms with Crippen molar-refractivity contribution in [3.8, 4) is 0 Å². The molecule has 1 amide bonds. The molecule has 0 unspecified atom stereocenters. The third-order valence-electron chi connectivity index (χ3n) is 5.27. The van der Waals surface area contributed by atoms with Crippen molar-refractivity contribution in [2.45, 2.75) is 17.9 Å². The first-order chi connectivity index (χ1) is 15.3. The van der Waals surface area contributed by atoms with Gasteiger partial charge in [0.1, 0.15) is 0 Å². The molecule has 0 fully saturated rings. The summed E-state index contributed by atoms with van der Waals surface area (Å²) in [7, 11) is -3.78. The quantitative estimate of drug-likeness (QED) is 0.532. The van der Waals surface area contributed by atoms with E-state index in [2.05, 4.69) is 21.2 Å². The Morgan fingerprint density at radius 1 is 1.00 bits per heavy atom. The molecule has 3 aromatic carbocycles. The molecule has 2 N–H and O–H groups in total. The Morgan fingerprint density at radius 2 is 1.75 bits per heavy atom. The maximum atomic E-state index is 13.2. The lowest BCUT2D eigenvalue weighted by Gasteiger charge is -2.29. The van der Waals surface area contributed by atoms with Gasteiger partial charge >= 0.3 is 5.97 Å². The van der Waals surface area contributed by atoms with Crippen molar-refractivity contribution in [2.75, 3.05) is 11.9 Å². The number of nitrogens with zero attached hydrogens (tertiary/aromatic N) is 1. The van der Waals surface area contributed by atoms with Gasteiger partial charge in [-0.15, -0.1) is 0 Å². The van der Waals surface area contributed by atoms with Crippen LogP contribution in [0, 0.1) is 0 Å². The fourth-order valence-corrected chi connectivity index (χ4v) is 5.78. The summed E-state index contributed by atoms with van der Waals surface area (Å²) in [6.07, 6.45) is 0.372. The van der Waals surface area contributed by atoms with E-state index in [4.69, 9.17) is 0 Å². The number of benzene rings is 3. The van der Waals surface area contributed by atoms with E-state index < -0.39 is 21.9 Å². The van der Waals surface area contributed by atoms with Crippen molar-refractivity contribution >= 4 is 43.5 Å². The third kappa shape index (κ3) is 4.32. The van der Waals surface area contributed by atoms with Crippen molar-refractivity contribution in [1.82, 2.24) is 4.31 Å². The molecule has 1 aliphatic heterocycles. The molecule has 1 heterocycles. The Hall–Kier alpha value is -3.01. The molecule has 0 saturated heterocycles. The van der Waals surface area contributed by atoms with Gasteiger partial charge in [0.15, 0.2) is 0 Å². The molecule has 0 spiro atoms. The summed E-state index contributed by atoms with van der Waals surface area (Å²) in [6, 6.07) is 18.4. The Kier molecular flexibility index (Phi) is 6.14. The van der Waals surface area contributed by atoms with E-state index in [1.165, 1.54) is 28.6 Å². The molecule has 9 heteroatoms. The Balaban J connectivity index is 1.65. The number of anilines is 1. The zero-order valence-corrected chi connectivity index (χ0v) is 19.2. The van der Waals surface area contributed by atoms with Crippen LogP contribution in [0.15, 0.2) is 76.1 Å². The highest BCUT2D eigenvalue weighted by Gasteiger charge is 2.33. The van der Waals surface area contributed by atoms with Crippen molar-refractivity contribution in [3.63, 3.8) is 0 Å². The van der Waals surface area contributed by atoms with Gasteiger partial charge in [-0.1, -0.05) is 52.3 Å². The Bertz CT molecular complexity index is 1310. The minimum atomic E-state index is -3.78. The first kappa shape index (κ1) is 22.2. The van der Waals surface area contributed by atoms with Crippen molar-refractivity contribution in [3.05, 3.63) is 93.5 Å². The highest BCUT2D eigenvalue weighted by Crippen LogP contribution is 2.31. The minimum Gasteiger partial charge on any atom is -0.478 e. The summed E-state index contributed by atoms with van der Waals surface area (Å²) in [5.74, 6) is -1.74. The fraction of sp³-hybridized carbons (Fsp3) is 0.130. The second-order valence-corrected chi connectivity index (χ2v) is 10.1. The van der Waals surface area contributed by atoms with Crippen LogP contribution in [0.4, 0.5) is 5.69 Å². The van der Waals surface area contributed by atoms with Crippen LogP contribution in [0.5, 0.6) is 0 Å². The lowest BCUT2D eigenvalue weighted by atomic mass is 10.0. The van der Waals surface area contributed by atoms with Crippen LogP contribution >= 0.6 is 15.9 Å². The van der Waals surface area contributed by atoms with E-state index in [1.807, 2.05) is 30.3 Å². The second kappa shape index (κ2) is 8.85. The number of halogens is 1. The molecule has 32 heavy (non-hydrogen) atoms. The number of carboxylic acids is 1. The number of amides is 1. The lowest BCUT2D eigenvalue weighted by molar-refractivity contribution is 0.0698. The van der Waals surface area contributed by atoms with Gasteiger partial charge in [0, 0.05) is 23.1 Å². The maximum Gasteiger partial charge on any atom is 0.337 e. The molecule has 3 aromatic rings. The highest BCUT2D eigenvalue weighted by molar-refractivity contribution is 9.10. The van der Waals surface area contributed by atoms with Crippen LogP contribution in [0.3, 0.4) is 0 Å². The number of fused-ring (bicyclic) bond motifs is 1. The molecule has 0 atom stereocenters. The van der Waals surface area contributed by atoms with Gasteiger partial charge in [0.2, 0.25) is 10.0 Å². The van der Waals surface area contributed by atoms with E-state index in [9.17, 15) is 23.1 Å². The first-order valence-corrected chi connectivity index (χ1v) is 12.0. The van der Waals surface area contributed by atoms with Crippen LogP contribution in [-0.2, 0) is 23.0 Å². The summed E-state index contributed by atoms with van der Waals surface area (Å²) >= 11 is 3.22. The standard InChI is InChI=1S/C23H19BrN2O5S/c24-16-9-10-20(19(13-16)23(28)29)25-22(27)18-7-4-8-21-17(18)11-12-26(32(21,30)31)14-15-5-2-1-3-6-15/h1-10,13H,11-12,14H2,(H,25,27)(H,28,29). The predicted octanol–water partition coefficient (Wildman–Crippen LogP) is 4.15. The maximum absolute atomic E-state index is 13.2. The van der Waals surface area contributed by atoms with E-state index >= 15 is 0 Å². The largest absolute Gasteiger partial charge is 0.478 e. The minimum absolute atomic E-state index is 0.0702. The lowest BCUT2D eigenvalue weighted by Crippen LogP contribution is -2.37. The molecule has 0 radical (unpaired) electrons. The number of hydrogen-bond donors (Lipinski definition) is 2. The molecule has 0 bridgehead atoms. The molecule has 0 saturated carbocycles. The summed E-state index contributed by atoms with van der Waals surface area (Å²) in [6.45, 7) is 0.493. The van der Waals surface area contributed by atoms with Crippen LogP contribution in [0.2, 0.25) is 0 Å². The number of rotatable bonds is 5. The number of carbonyl (C=O) groups excluding carboxylic acids is 1. The number of aromatic carboxylic acids is 1. The monoisotopic (exact) mass is 514 g/mol. The summed E-state index contributed by atoms with van der Waals surface area (Å²) < 4.78 is 28.4. The Labute approximate surface area is 193 Å². The van der Waals surface area contributed by atoms with Crippen LogP contribution < -0.4 is 5.32 Å². The predicted molar refractivity (Wildman–Crippen MR) is 123 cm³/mol. The van der Waals surface area contributed by atoms with Crippen LogP contribution in [-0.4, -0.2) is 36.3 Å². The van der Waals surface area contributed by atoms with Crippen molar-refractivity contribution < 1.29 is 23.1 Å². The third-order valence-corrected chi connectivity index (χ3v) is 7.69. The number of hydrogen-bond acceptors (Lipinski definition) is 4. The molecule has 0 aliphatic carbocycles. The molecule has 164 valence electrons. The van der Waals surface area contributed by atoms with Gasteiger partial charge < -0.3 is 10.4 Å². The summed E-state index contributed by atoms with van der Waals surface area (Å²) in [4.78, 5) is 24.6. The number of nitrogens with one attached hydrogen (secondary N) is 1. The smallest absolute Gasteiger partial charge is 0.337 e. The molecule has 4 rings (SSSR count). The number of sulfonamides is 1. The van der Waals surface area contributed by atoms with Gasteiger partial charge in [-0.3, -0.25) is 4.79 Å². The molecule has 0 aromatic heterocycles. The van der Waals surface area contributed by atoms with Gasteiger partial charge in [0.25, 0.3) is 5.91 Å². The van der Waals surface area contributed by atoms with Crippen molar-refractivity contribution in [2.24, 2.45) is 0 Å². The zero-order valence-electron chi connectivity index (χ0n) is 16.8. The van der Waals surface area contributed by atoms with Crippen LogP contribution in [0.25, 0.3) is 0 Å². The zero-order chi connectivity index (χ0) is 22.9. The van der Waals surface area contributed by atoms with E-state index in [0.717, 1.165) is 5.56 Å². The Morgan fingerprint density at radius 3 is 2.47 bits per heavy atom. The fourth-order valence-electron chi connectivity index (χ4n) is 3.72. The normalized spacial score (nSPS) is 15.0. The topological polar surface area (TPSA) is 104 Å². The van der Waals surface area contributed by atoms with Crippen LogP contribution in [0.1, 0.15) is 31.8 Å². The molecule has 1 aliphatic rings. The van der Waals surface area contributed by atoms with Gasteiger partial charge in [-0.05, 0) is 47.9 Å². The molecule has 7 nitrogen and oxygen atoms in total. The van der Waals surface area contributed by atoms with E-state index in [0.29, 0.717) is 16.5 Å². The highest BCUT2D eigenvalue weighted by atomic mass is 79.9. The van der Waals surface area contributed by atoms with Gasteiger partial charge in [0.05, 0.1) is 16.1 Å². The van der Waals surface area contributed by atoms with Gasteiger partial charge in [-0.25, -0.2) is 13.2 Å². The van der Waals surface area contributed by atoms with Gasteiger partial charge in [-0.2, -0.15) is 4.31 Å². The average molecular weight is 515 g/mol. The molecular formula is C23H19BrN2O5S. The van der Waals surface area contributed by atoms with E-state index in [-0.39, 0.29) is 34.8 Å².